The van der Waals surface area contributed by atoms with Crippen LogP contribution in [0.15, 0.2) is 12.1 Å². The zero-order valence-electron chi connectivity index (χ0n) is 5.17. The van der Waals surface area contributed by atoms with Crippen LogP contribution in [-0.4, -0.2) is 0 Å². The molecule has 1 rings (SSSR count). The number of hydrogen-bond donors (Lipinski definition) is 0. The molecule has 0 atom stereocenters. The number of alkyl halides is 3. The summed E-state index contributed by atoms with van der Waals surface area (Å²) in [5.74, 6) is -0.849. The topological polar surface area (TPSA) is 0 Å². The molecule has 0 radical (unpaired) electrons. The molecule has 58 valence electrons. The van der Waals surface area contributed by atoms with E-state index in [1.54, 1.807) is 12.1 Å². The third kappa shape index (κ3) is 1.84. The van der Waals surface area contributed by atoms with Crippen molar-refractivity contribution in [1.29, 1.82) is 0 Å². The Hall–Kier alpha value is -1.24. The van der Waals surface area contributed by atoms with Gasteiger partial charge in [0, 0.05) is 0 Å². The van der Waals surface area contributed by atoms with Gasteiger partial charge in [-0.3, -0.25) is 0 Å². The fourth-order valence-corrected chi connectivity index (χ4v) is 0.532. The molecule has 1 aromatic rings. The summed E-state index contributed by atoms with van der Waals surface area (Å²) < 4.78 is 47.3. The van der Waals surface area contributed by atoms with Crippen LogP contribution >= 0.6 is 0 Å². The van der Waals surface area contributed by atoms with E-state index in [9.17, 15) is 17.6 Å². The largest absolute Gasteiger partial charge is 0.424 e. The van der Waals surface area contributed by atoms with Crippen LogP contribution in [0, 0.1) is 17.9 Å². The van der Waals surface area contributed by atoms with Gasteiger partial charge in [0.2, 0.25) is 0 Å². The summed E-state index contributed by atoms with van der Waals surface area (Å²) in [6.45, 7) is 0. The Labute approximate surface area is 60.5 Å². The van der Waals surface area contributed by atoms with Crippen molar-refractivity contribution in [1.82, 2.24) is 0 Å². The van der Waals surface area contributed by atoms with E-state index in [-0.39, 0.29) is 0 Å². The minimum absolute atomic E-state index is 0.617. The summed E-state index contributed by atoms with van der Waals surface area (Å²) in [5, 5.41) is 0. The standard InChI is InChI=1S/C7H2F4/c8-6-3-1-5(2-4-6)7(9,10)11/h1,3H. The van der Waals surface area contributed by atoms with Crippen molar-refractivity contribution in [3.8, 4) is 0 Å². The highest BCUT2D eigenvalue weighted by Gasteiger charge is 2.30. The molecular formula is C7H2F4. The Balaban J connectivity index is 2.99. The minimum Gasteiger partial charge on any atom is -0.197 e. The van der Waals surface area contributed by atoms with Gasteiger partial charge in [0.05, 0.1) is 0 Å². The van der Waals surface area contributed by atoms with Gasteiger partial charge in [0.25, 0.3) is 0 Å². The van der Waals surface area contributed by atoms with Gasteiger partial charge in [-0.2, -0.15) is 17.6 Å². The Morgan fingerprint density at radius 2 is 1.73 bits per heavy atom. The highest BCUT2D eigenvalue weighted by molar-refractivity contribution is 5.12. The van der Waals surface area contributed by atoms with Gasteiger partial charge in [-0.15, -0.1) is 0 Å². The summed E-state index contributed by atoms with van der Waals surface area (Å²) in [6.07, 6.45) is -4.47. The fourth-order valence-electron chi connectivity index (χ4n) is 0.532. The maximum absolute atomic E-state index is 12.0. The van der Waals surface area contributed by atoms with Crippen molar-refractivity contribution >= 4 is 0 Å². The first-order valence-electron chi connectivity index (χ1n) is 2.67. The van der Waals surface area contributed by atoms with E-state index in [0.29, 0.717) is 12.1 Å². The molecule has 0 nitrogen and oxygen atoms in total. The van der Waals surface area contributed by atoms with E-state index in [1.807, 2.05) is 0 Å². The van der Waals surface area contributed by atoms with Gasteiger partial charge in [0.15, 0.2) is 5.82 Å². The minimum atomic E-state index is -4.47. The van der Waals surface area contributed by atoms with E-state index in [4.69, 9.17) is 0 Å². The average molecular weight is 162 g/mol. The summed E-state index contributed by atoms with van der Waals surface area (Å²) in [5.41, 5.74) is -1.01. The quantitative estimate of drug-likeness (QED) is 0.514. The smallest absolute Gasteiger partial charge is 0.197 e. The van der Waals surface area contributed by atoms with Gasteiger partial charge in [-0.1, -0.05) is 6.07 Å². The third-order valence-corrected chi connectivity index (χ3v) is 1.02. The molecule has 0 aromatic heterocycles. The molecule has 0 saturated carbocycles. The van der Waals surface area contributed by atoms with E-state index in [2.05, 4.69) is 0 Å². The van der Waals surface area contributed by atoms with Gasteiger partial charge in [0.1, 0.15) is 5.56 Å². The molecule has 0 aliphatic carbocycles. The highest BCUT2D eigenvalue weighted by Crippen LogP contribution is 2.27. The van der Waals surface area contributed by atoms with Crippen molar-refractivity contribution in [3.63, 3.8) is 0 Å². The zero-order chi connectivity index (χ0) is 8.48. The first-order valence-corrected chi connectivity index (χ1v) is 2.67. The summed E-state index contributed by atoms with van der Waals surface area (Å²) in [7, 11) is 0. The second kappa shape index (κ2) is 2.42. The van der Waals surface area contributed by atoms with Crippen molar-refractivity contribution in [2.24, 2.45) is 0 Å². The van der Waals surface area contributed by atoms with Crippen LogP contribution in [0.5, 0.6) is 0 Å². The van der Waals surface area contributed by atoms with E-state index >= 15 is 0 Å². The van der Waals surface area contributed by atoms with Gasteiger partial charge >= 0.3 is 6.18 Å². The maximum atomic E-state index is 12.0. The predicted octanol–water partition coefficient (Wildman–Crippen LogP) is 2.44. The molecule has 0 amide bonds. The molecule has 0 bridgehead atoms. The van der Waals surface area contributed by atoms with E-state index in [0.717, 1.165) is 0 Å². The monoisotopic (exact) mass is 162 g/mol. The second-order valence-electron chi connectivity index (χ2n) is 1.84. The second-order valence-corrected chi connectivity index (χ2v) is 1.84. The Morgan fingerprint density at radius 1 is 1.09 bits per heavy atom. The molecule has 0 spiro atoms. The number of hydrogen-bond acceptors (Lipinski definition) is 0. The van der Waals surface area contributed by atoms with Crippen LogP contribution in [0.25, 0.3) is 0 Å². The van der Waals surface area contributed by atoms with Crippen LogP contribution in [0.1, 0.15) is 5.56 Å². The molecule has 0 aliphatic heterocycles. The van der Waals surface area contributed by atoms with Crippen molar-refractivity contribution in [2.75, 3.05) is 0 Å². The summed E-state index contributed by atoms with van der Waals surface area (Å²) in [4.78, 5) is 0. The van der Waals surface area contributed by atoms with Gasteiger partial charge in [-0.05, 0) is 18.2 Å². The van der Waals surface area contributed by atoms with Gasteiger partial charge < -0.3 is 0 Å². The maximum Gasteiger partial charge on any atom is 0.424 e. The van der Waals surface area contributed by atoms with Crippen LogP contribution in [0.2, 0.25) is 0 Å². The molecule has 0 heterocycles. The lowest BCUT2D eigenvalue weighted by Gasteiger charge is -2.01. The first-order chi connectivity index (χ1) is 5.00. The van der Waals surface area contributed by atoms with E-state index in [1.165, 1.54) is 0 Å². The summed E-state index contributed by atoms with van der Waals surface area (Å²) in [6, 6.07) is 4.66. The Bertz CT molecular complexity index is 234. The molecule has 0 aliphatic rings. The van der Waals surface area contributed by atoms with Crippen molar-refractivity contribution in [3.05, 3.63) is 35.6 Å². The molecule has 1 aromatic carbocycles. The number of rotatable bonds is 0. The first kappa shape index (κ1) is 7.86. The molecule has 11 heavy (non-hydrogen) atoms. The predicted molar refractivity (Wildman–Crippen MR) is 29.1 cm³/mol. The van der Waals surface area contributed by atoms with Gasteiger partial charge in [-0.25, -0.2) is 0 Å². The fraction of sp³-hybridized carbons (Fsp3) is 0.143. The lowest BCUT2D eigenvalue weighted by Crippen LogP contribution is -2.03. The molecule has 4 heteroatoms. The van der Waals surface area contributed by atoms with Crippen molar-refractivity contribution < 1.29 is 17.6 Å². The summed E-state index contributed by atoms with van der Waals surface area (Å²) >= 11 is 0. The highest BCUT2D eigenvalue weighted by atomic mass is 19.4. The normalized spacial score (nSPS) is 10.9. The molecular weight excluding hydrogens is 160 g/mol. The average Bonchev–Trinajstić information content (AvgIpc) is 1.86. The Morgan fingerprint density at radius 3 is 2.09 bits per heavy atom. The van der Waals surface area contributed by atoms with Crippen LogP contribution in [0.4, 0.5) is 17.6 Å². The number of halogens is 4. The Kier molecular flexibility index (Phi) is 1.73. The molecule has 0 unspecified atom stereocenters. The lowest BCUT2D eigenvalue weighted by atomic mass is 10.2. The molecule has 0 saturated heterocycles. The third-order valence-electron chi connectivity index (χ3n) is 1.02. The van der Waals surface area contributed by atoms with Crippen LogP contribution in [0.3, 0.4) is 0 Å². The van der Waals surface area contributed by atoms with Crippen molar-refractivity contribution in [2.45, 2.75) is 6.18 Å². The molecule has 0 N–H and O–H groups in total. The van der Waals surface area contributed by atoms with Crippen LogP contribution < -0.4 is 0 Å². The zero-order valence-corrected chi connectivity index (χ0v) is 5.17. The van der Waals surface area contributed by atoms with E-state index < -0.39 is 17.6 Å². The molecule has 0 fully saturated rings. The van der Waals surface area contributed by atoms with Crippen LogP contribution in [-0.2, 0) is 6.18 Å². The SMILES string of the molecule is Fc1c#cc(C(F)(F)F)cc1. The lowest BCUT2D eigenvalue weighted by molar-refractivity contribution is -0.137.